The Hall–Kier alpha value is -2.79. The second-order valence-electron chi connectivity index (χ2n) is 8.24. The number of ketones is 1. The van der Waals surface area contributed by atoms with Crippen LogP contribution in [0.2, 0.25) is 0 Å². The molecule has 0 amide bonds. The van der Waals surface area contributed by atoms with Gasteiger partial charge in [0.05, 0.1) is 14.2 Å². The molecule has 0 bridgehead atoms. The number of aryl methyl sites for hydroxylation is 2. The molecule has 2 aromatic rings. The molecule has 5 nitrogen and oxygen atoms in total. The summed E-state index contributed by atoms with van der Waals surface area (Å²) in [5.74, 6) is 2.14. The molecule has 0 saturated carbocycles. The molecule has 2 aromatic carbocycles. The standard InChI is InChI=1S/C15H19NO.C11H12O2.CH4O/c1-17-15-7-5-12-4-6-14(10-13(12)11-15)16-8-2-3-9-16;1-13-11-5-3-8-2-4-10(12)6-9(8)7-11;1-2/h5,7,10-11H,2-4,6,8-9H2,1H3;3,5,7H,2,4,6H2,1H3;2H,1H3. The monoisotopic (exact) mass is 437 g/mol. The largest absolute Gasteiger partial charge is 0.497 e. The van der Waals surface area contributed by atoms with Gasteiger partial charge in [-0.2, -0.15) is 0 Å². The van der Waals surface area contributed by atoms with E-state index in [0.717, 1.165) is 30.6 Å². The summed E-state index contributed by atoms with van der Waals surface area (Å²) in [7, 11) is 4.38. The average Bonchev–Trinajstić information content (AvgIpc) is 3.39. The second kappa shape index (κ2) is 11.7. The van der Waals surface area contributed by atoms with Gasteiger partial charge in [-0.15, -0.1) is 0 Å². The van der Waals surface area contributed by atoms with Crippen molar-refractivity contribution in [2.24, 2.45) is 0 Å². The Morgan fingerprint density at radius 2 is 1.41 bits per heavy atom. The third-order valence-corrected chi connectivity index (χ3v) is 6.31. The summed E-state index contributed by atoms with van der Waals surface area (Å²) in [5, 5.41) is 7.00. The minimum Gasteiger partial charge on any atom is -0.497 e. The molecule has 0 spiro atoms. The summed E-state index contributed by atoms with van der Waals surface area (Å²) in [5.41, 5.74) is 6.74. The van der Waals surface area contributed by atoms with Gasteiger partial charge in [0.15, 0.2) is 0 Å². The fraction of sp³-hybridized carbons (Fsp3) is 0.444. The number of aliphatic hydroxyl groups excluding tert-OH is 1. The number of Topliss-reactive ketones (excluding diaryl/α,β-unsaturated/α-hetero) is 1. The van der Waals surface area contributed by atoms with Crippen molar-refractivity contribution in [3.05, 3.63) is 64.3 Å². The summed E-state index contributed by atoms with van der Waals surface area (Å²) in [6.07, 6.45) is 9.57. The first-order valence-corrected chi connectivity index (χ1v) is 11.4. The van der Waals surface area contributed by atoms with E-state index in [4.69, 9.17) is 14.6 Å². The minimum atomic E-state index is 0.334. The molecule has 1 aliphatic heterocycles. The van der Waals surface area contributed by atoms with Gasteiger partial charge in [-0.25, -0.2) is 0 Å². The fourth-order valence-corrected chi connectivity index (χ4v) is 4.54. The molecular formula is C27H35NO4. The SMILES string of the molecule is CO.COc1ccc2c(c1)C=C(N1CCCC1)CC2.COc1ccc2c(c1)CC(=O)CC2. The van der Waals surface area contributed by atoms with Crippen molar-refractivity contribution in [2.75, 3.05) is 34.4 Å². The lowest BCUT2D eigenvalue weighted by molar-refractivity contribution is -0.118. The number of likely N-dealkylation sites (tertiary alicyclic amines) is 1. The third-order valence-electron chi connectivity index (χ3n) is 6.31. The summed E-state index contributed by atoms with van der Waals surface area (Å²) in [4.78, 5) is 13.7. The number of benzene rings is 2. The topological polar surface area (TPSA) is 59.0 Å². The molecule has 1 fully saturated rings. The number of hydrogen-bond acceptors (Lipinski definition) is 5. The predicted octanol–water partition coefficient (Wildman–Crippen LogP) is 4.44. The van der Waals surface area contributed by atoms with Gasteiger partial charge in [-0.05, 0) is 84.7 Å². The highest BCUT2D eigenvalue weighted by Gasteiger charge is 2.19. The first kappa shape index (κ1) is 23.9. The number of carbonyl (C=O) groups is 1. The van der Waals surface area contributed by atoms with E-state index in [1.165, 1.54) is 61.2 Å². The van der Waals surface area contributed by atoms with E-state index in [1.54, 1.807) is 14.2 Å². The predicted molar refractivity (Wildman–Crippen MR) is 128 cm³/mol. The molecule has 172 valence electrons. The van der Waals surface area contributed by atoms with Crippen LogP contribution in [0.5, 0.6) is 11.5 Å². The molecule has 1 heterocycles. The maximum atomic E-state index is 11.2. The maximum Gasteiger partial charge on any atom is 0.137 e. The highest BCUT2D eigenvalue weighted by molar-refractivity contribution is 5.83. The number of fused-ring (bicyclic) bond motifs is 2. The Morgan fingerprint density at radius 3 is 2.09 bits per heavy atom. The Labute approximate surface area is 191 Å². The lowest BCUT2D eigenvalue weighted by atomic mass is 9.91. The highest BCUT2D eigenvalue weighted by atomic mass is 16.5. The zero-order chi connectivity index (χ0) is 22.9. The van der Waals surface area contributed by atoms with Crippen LogP contribution in [0.15, 0.2) is 42.1 Å². The molecule has 0 aromatic heterocycles. The summed E-state index contributed by atoms with van der Waals surface area (Å²) < 4.78 is 10.4. The molecular weight excluding hydrogens is 402 g/mol. The maximum absolute atomic E-state index is 11.2. The van der Waals surface area contributed by atoms with E-state index in [1.807, 2.05) is 12.1 Å². The lowest BCUT2D eigenvalue weighted by Crippen LogP contribution is -2.20. The number of rotatable bonds is 3. The van der Waals surface area contributed by atoms with Crippen molar-refractivity contribution < 1.29 is 19.4 Å². The highest BCUT2D eigenvalue weighted by Crippen LogP contribution is 2.30. The smallest absolute Gasteiger partial charge is 0.137 e. The first-order valence-electron chi connectivity index (χ1n) is 11.4. The van der Waals surface area contributed by atoms with Crippen LogP contribution >= 0.6 is 0 Å². The summed E-state index contributed by atoms with van der Waals surface area (Å²) in [6.45, 7) is 2.48. The van der Waals surface area contributed by atoms with E-state index in [0.29, 0.717) is 18.6 Å². The van der Waals surface area contributed by atoms with E-state index in [-0.39, 0.29) is 0 Å². The molecule has 0 atom stereocenters. The number of hydrogen-bond donors (Lipinski definition) is 1. The molecule has 3 aliphatic rings. The van der Waals surface area contributed by atoms with Crippen LogP contribution in [0.25, 0.3) is 6.08 Å². The number of carbonyl (C=O) groups excluding carboxylic acids is 1. The zero-order valence-electron chi connectivity index (χ0n) is 19.5. The van der Waals surface area contributed by atoms with E-state index in [9.17, 15) is 4.79 Å². The quantitative estimate of drug-likeness (QED) is 0.769. The van der Waals surface area contributed by atoms with Gasteiger partial charge in [0.25, 0.3) is 0 Å². The van der Waals surface area contributed by atoms with E-state index < -0.39 is 0 Å². The van der Waals surface area contributed by atoms with Gasteiger partial charge in [-0.1, -0.05) is 12.1 Å². The van der Waals surface area contributed by atoms with Crippen molar-refractivity contribution >= 4 is 11.9 Å². The van der Waals surface area contributed by atoms with Gasteiger partial charge in [0.2, 0.25) is 0 Å². The van der Waals surface area contributed by atoms with Gasteiger partial charge in [-0.3, -0.25) is 4.79 Å². The molecule has 5 heteroatoms. The van der Waals surface area contributed by atoms with Gasteiger partial charge < -0.3 is 19.5 Å². The van der Waals surface area contributed by atoms with Crippen LogP contribution in [-0.4, -0.2) is 50.2 Å². The first-order chi connectivity index (χ1) is 15.7. The normalized spacial score (nSPS) is 16.4. The molecule has 32 heavy (non-hydrogen) atoms. The van der Waals surface area contributed by atoms with Crippen molar-refractivity contribution in [3.63, 3.8) is 0 Å². The molecule has 2 aliphatic carbocycles. The Kier molecular flexibility index (Phi) is 8.74. The lowest BCUT2D eigenvalue weighted by Gasteiger charge is -2.25. The summed E-state index contributed by atoms with van der Waals surface area (Å²) >= 11 is 0. The van der Waals surface area contributed by atoms with E-state index in [2.05, 4.69) is 35.2 Å². The van der Waals surface area contributed by atoms with Crippen LogP contribution in [0.3, 0.4) is 0 Å². The molecule has 1 saturated heterocycles. The number of allylic oxidation sites excluding steroid dienone is 1. The zero-order valence-corrected chi connectivity index (χ0v) is 19.5. The van der Waals surface area contributed by atoms with Crippen LogP contribution in [0.1, 0.15) is 47.9 Å². The van der Waals surface area contributed by atoms with Crippen LogP contribution in [0, 0.1) is 0 Å². The number of methoxy groups -OCH3 is 2. The second-order valence-corrected chi connectivity index (χ2v) is 8.24. The van der Waals surface area contributed by atoms with Crippen molar-refractivity contribution in [1.29, 1.82) is 0 Å². The Balaban J connectivity index is 0.000000173. The molecule has 0 radical (unpaired) electrons. The molecule has 1 N–H and O–H groups in total. The molecule has 0 unspecified atom stereocenters. The van der Waals surface area contributed by atoms with Gasteiger partial charge in [0, 0.05) is 38.7 Å². The van der Waals surface area contributed by atoms with Crippen LogP contribution in [0.4, 0.5) is 0 Å². The Morgan fingerprint density at radius 1 is 0.781 bits per heavy atom. The van der Waals surface area contributed by atoms with Crippen molar-refractivity contribution in [1.82, 2.24) is 4.90 Å². The minimum absolute atomic E-state index is 0.334. The van der Waals surface area contributed by atoms with Gasteiger partial charge in [0.1, 0.15) is 17.3 Å². The number of ether oxygens (including phenoxy) is 2. The number of nitrogens with zero attached hydrogens (tertiary/aromatic N) is 1. The average molecular weight is 438 g/mol. The molecule has 5 rings (SSSR count). The Bertz CT molecular complexity index is 945. The van der Waals surface area contributed by atoms with Gasteiger partial charge >= 0.3 is 0 Å². The van der Waals surface area contributed by atoms with Crippen LogP contribution in [-0.2, 0) is 24.1 Å². The van der Waals surface area contributed by atoms with Crippen molar-refractivity contribution in [2.45, 2.75) is 44.9 Å². The fourth-order valence-electron chi connectivity index (χ4n) is 4.54. The third kappa shape index (κ3) is 5.92. The van der Waals surface area contributed by atoms with Crippen LogP contribution < -0.4 is 9.47 Å². The number of aliphatic hydroxyl groups is 1. The summed E-state index contributed by atoms with van der Waals surface area (Å²) in [6, 6.07) is 12.4. The van der Waals surface area contributed by atoms with E-state index >= 15 is 0 Å². The van der Waals surface area contributed by atoms with Crippen molar-refractivity contribution in [3.8, 4) is 11.5 Å².